The topological polar surface area (TPSA) is 62.6 Å². The summed E-state index contributed by atoms with van der Waals surface area (Å²) in [4.78, 5) is 44.1. The molecule has 2 amide bonds. The number of pyridine rings is 1. The van der Waals surface area contributed by atoms with Gasteiger partial charge in [0.15, 0.2) is 0 Å². The maximum Gasteiger partial charge on any atom is 0.251 e. The summed E-state index contributed by atoms with van der Waals surface area (Å²) in [5.74, 6) is 0.0191. The van der Waals surface area contributed by atoms with Gasteiger partial charge in [0.1, 0.15) is 6.04 Å². The maximum absolute atomic E-state index is 13.5. The van der Waals surface area contributed by atoms with Crippen molar-refractivity contribution in [3.63, 3.8) is 0 Å². The normalized spacial score (nSPS) is 23.2. The Hall–Kier alpha value is -2.41. The minimum absolute atomic E-state index is 0.0232. The standard InChI is InChI=1S/C21H25N3O3S/c1-13-7-8-17(28-13)12-22(3)21(27)20-16-9-15(10-23(11-16)14(2)25)18-5-4-6-19(26)24(18)20/h4-8,15-16,20H,9-12H2,1-3H3/t15-,16+,20-/m1/s1. The number of aromatic nitrogens is 1. The molecule has 0 spiro atoms. The lowest BCUT2D eigenvalue weighted by molar-refractivity contribution is -0.141. The first kappa shape index (κ1) is 18.9. The van der Waals surface area contributed by atoms with Crippen LogP contribution in [0.25, 0.3) is 0 Å². The Bertz CT molecular complexity index is 979. The average Bonchev–Trinajstić information content (AvgIpc) is 3.06. The summed E-state index contributed by atoms with van der Waals surface area (Å²) in [5, 5.41) is 0. The van der Waals surface area contributed by atoms with Crippen LogP contribution in [-0.2, 0) is 16.1 Å². The molecule has 4 heterocycles. The minimum Gasteiger partial charge on any atom is -0.342 e. The first-order valence-electron chi connectivity index (χ1n) is 9.62. The quantitative estimate of drug-likeness (QED) is 0.796. The zero-order chi connectivity index (χ0) is 20.0. The van der Waals surface area contributed by atoms with E-state index in [9.17, 15) is 14.4 Å². The lowest BCUT2D eigenvalue weighted by atomic mass is 9.78. The molecule has 7 heteroatoms. The molecule has 2 aromatic heterocycles. The third kappa shape index (κ3) is 3.28. The van der Waals surface area contributed by atoms with Gasteiger partial charge >= 0.3 is 0 Å². The summed E-state index contributed by atoms with van der Waals surface area (Å²) in [6.07, 6.45) is 0.829. The second-order valence-corrected chi connectivity index (χ2v) is 9.30. The fourth-order valence-electron chi connectivity index (χ4n) is 4.62. The Morgan fingerprint density at radius 2 is 2.00 bits per heavy atom. The van der Waals surface area contributed by atoms with Crippen LogP contribution < -0.4 is 5.56 Å². The number of nitrogens with zero attached hydrogens (tertiary/aromatic N) is 3. The molecule has 2 bridgehead atoms. The largest absolute Gasteiger partial charge is 0.342 e. The van der Waals surface area contributed by atoms with E-state index in [0.717, 1.165) is 17.0 Å². The van der Waals surface area contributed by atoms with Crippen LogP contribution in [0.3, 0.4) is 0 Å². The van der Waals surface area contributed by atoms with Gasteiger partial charge in [-0.15, -0.1) is 11.3 Å². The van der Waals surface area contributed by atoms with Gasteiger partial charge in [0, 0.05) is 60.4 Å². The molecule has 28 heavy (non-hydrogen) atoms. The third-order valence-electron chi connectivity index (χ3n) is 5.91. The second-order valence-electron chi connectivity index (χ2n) is 7.93. The van der Waals surface area contributed by atoms with Crippen molar-refractivity contribution in [1.82, 2.24) is 14.4 Å². The van der Waals surface area contributed by atoms with E-state index in [-0.39, 0.29) is 29.2 Å². The maximum atomic E-state index is 13.5. The van der Waals surface area contributed by atoms with E-state index in [0.29, 0.717) is 19.6 Å². The summed E-state index contributed by atoms with van der Waals surface area (Å²) < 4.78 is 1.69. The lowest BCUT2D eigenvalue weighted by Crippen LogP contribution is -2.54. The third-order valence-corrected chi connectivity index (χ3v) is 6.90. The van der Waals surface area contributed by atoms with Crippen molar-refractivity contribution in [3.8, 4) is 0 Å². The van der Waals surface area contributed by atoms with Crippen molar-refractivity contribution in [2.24, 2.45) is 5.92 Å². The van der Waals surface area contributed by atoms with Crippen LogP contribution in [0.15, 0.2) is 35.1 Å². The highest BCUT2D eigenvalue weighted by molar-refractivity contribution is 7.11. The Morgan fingerprint density at radius 1 is 1.21 bits per heavy atom. The Morgan fingerprint density at radius 3 is 2.68 bits per heavy atom. The van der Waals surface area contributed by atoms with Crippen LogP contribution in [-0.4, -0.2) is 46.3 Å². The van der Waals surface area contributed by atoms with Crippen LogP contribution in [0.2, 0.25) is 0 Å². The number of hydrogen-bond donors (Lipinski definition) is 0. The van der Waals surface area contributed by atoms with E-state index < -0.39 is 6.04 Å². The van der Waals surface area contributed by atoms with Gasteiger partial charge in [-0.25, -0.2) is 0 Å². The lowest BCUT2D eigenvalue weighted by Gasteiger charge is -2.46. The number of rotatable bonds is 3. The van der Waals surface area contributed by atoms with E-state index >= 15 is 0 Å². The van der Waals surface area contributed by atoms with Crippen molar-refractivity contribution in [3.05, 3.63) is 56.1 Å². The Balaban J connectivity index is 1.70. The van der Waals surface area contributed by atoms with Gasteiger partial charge in [0.05, 0.1) is 6.54 Å². The molecule has 0 unspecified atom stereocenters. The van der Waals surface area contributed by atoms with Crippen LogP contribution in [0.5, 0.6) is 0 Å². The molecule has 6 nitrogen and oxygen atoms in total. The van der Waals surface area contributed by atoms with Gasteiger partial charge in [-0.3, -0.25) is 19.0 Å². The van der Waals surface area contributed by atoms with E-state index in [1.165, 1.54) is 10.9 Å². The van der Waals surface area contributed by atoms with Crippen LogP contribution in [0.4, 0.5) is 0 Å². The van der Waals surface area contributed by atoms with Gasteiger partial charge in [0.2, 0.25) is 11.8 Å². The molecule has 2 aliphatic heterocycles. The predicted molar refractivity (Wildman–Crippen MR) is 108 cm³/mol. The molecule has 2 aromatic rings. The van der Waals surface area contributed by atoms with Crippen LogP contribution >= 0.6 is 11.3 Å². The second kappa shape index (κ2) is 7.20. The summed E-state index contributed by atoms with van der Waals surface area (Å²) in [7, 11) is 1.79. The highest BCUT2D eigenvalue weighted by Crippen LogP contribution is 2.41. The van der Waals surface area contributed by atoms with Gasteiger partial charge in [-0.1, -0.05) is 6.07 Å². The van der Waals surface area contributed by atoms with Crippen LogP contribution in [0, 0.1) is 12.8 Å². The monoisotopic (exact) mass is 399 g/mol. The molecule has 0 aromatic carbocycles. The van der Waals surface area contributed by atoms with Gasteiger partial charge < -0.3 is 9.80 Å². The first-order valence-corrected chi connectivity index (χ1v) is 10.4. The number of carbonyl (C=O) groups excluding carboxylic acids is 2. The molecular weight excluding hydrogens is 374 g/mol. The number of carbonyl (C=O) groups is 2. The Labute approximate surface area is 168 Å². The van der Waals surface area contributed by atoms with Crippen molar-refractivity contribution in [1.29, 1.82) is 0 Å². The van der Waals surface area contributed by atoms with Crippen LogP contribution in [0.1, 0.15) is 40.8 Å². The van der Waals surface area contributed by atoms with E-state index in [1.807, 2.05) is 24.0 Å². The molecule has 1 fully saturated rings. The number of amides is 2. The molecule has 4 rings (SSSR count). The molecule has 0 radical (unpaired) electrons. The highest BCUT2D eigenvalue weighted by Gasteiger charge is 2.45. The molecule has 3 atom stereocenters. The molecule has 2 aliphatic rings. The predicted octanol–water partition coefficient (Wildman–Crippen LogP) is 2.38. The first-order chi connectivity index (χ1) is 13.3. The summed E-state index contributed by atoms with van der Waals surface area (Å²) in [5.41, 5.74) is 0.732. The van der Waals surface area contributed by atoms with Gasteiger partial charge in [0.25, 0.3) is 5.56 Å². The molecule has 148 valence electrons. The smallest absolute Gasteiger partial charge is 0.251 e. The molecule has 0 aliphatic carbocycles. The number of fused-ring (bicyclic) bond motifs is 4. The van der Waals surface area contributed by atoms with Gasteiger partial charge in [-0.2, -0.15) is 0 Å². The highest BCUT2D eigenvalue weighted by atomic mass is 32.1. The minimum atomic E-state index is -0.562. The van der Waals surface area contributed by atoms with Crippen molar-refractivity contribution in [2.75, 3.05) is 20.1 Å². The average molecular weight is 400 g/mol. The molecule has 0 saturated carbocycles. The van der Waals surface area contributed by atoms with Crippen molar-refractivity contribution < 1.29 is 9.59 Å². The number of aryl methyl sites for hydroxylation is 1. The van der Waals surface area contributed by atoms with E-state index in [1.54, 1.807) is 40.8 Å². The molecule has 1 saturated heterocycles. The fraction of sp³-hybridized carbons (Fsp3) is 0.476. The van der Waals surface area contributed by atoms with Crippen molar-refractivity contribution in [2.45, 2.75) is 38.8 Å². The summed E-state index contributed by atoms with van der Waals surface area (Å²) in [6, 6.07) is 8.73. The number of thiophene rings is 1. The number of piperidine rings is 1. The Kier molecular flexibility index (Phi) is 4.87. The zero-order valence-corrected chi connectivity index (χ0v) is 17.2. The van der Waals surface area contributed by atoms with E-state index in [2.05, 4.69) is 6.07 Å². The van der Waals surface area contributed by atoms with Gasteiger partial charge in [-0.05, 0) is 31.5 Å². The molecular formula is C21H25N3O3S. The zero-order valence-electron chi connectivity index (χ0n) is 16.4. The SMILES string of the molecule is CC(=O)N1C[C@H]2C[C@@H](C1)[C@H](C(=O)N(C)Cc1ccc(C)s1)n1c2cccc1=O. The fourth-order valence-corrected chi connectivity index (χ4v) is 5.56. The molecule has 0 N–H and O–H groups in total. The summed E-state index contributed by atoms with van der Waals surface area (Å²) >= 11 is 1.68. The van der Waals surface area contributed by atoms with Crippen molar-refractivity contribution >= 4 is 23.2 Å². The number of likely N-dealkylation sites (tertiary alicyclic amines) is 1. The summed E-state index contributed by atoms with van der Waals surface area (Å²) in [6.45, 7) is 5.28. The van der Waals surface area contributed by atoms with E-state index in [4.69, 9.17) is 0 Å². The number of hydrogen-bond acceptors (Lipinski definition) is 4. The number of likely N-dealkylation sites (N-methyl/N-ethyl adjacent to an activating group) is 1.